The zero-order valence-corrected chi connectivity index (χ0v) is 22.5. The Kier molecular flexibility index (Phi) is 7.43. The molecule has 0 bridgehead atoms. The molecule has 1 fully saturated rings. The van der Waals surface area contributed by atoms with Gasteiger partial charge in [-0.15, -0.1) is 0 Å². The third-order valence-electron chi connectivity index (χ3n) is 5.72. The summed E-state index contributed by atoms with van der Waals surface area (Å²) in [5.74, 6) is -2.04. The number of carbonyl (C=O) groups is 1. The van der Waals surface area contributed by atoms with Crippen LogP contribution in [-0.2, 0) is 14.9 Å². The van der Waals surface area contributed by atoms with Crippen molar-refractivity contribution in [2.45, 2.75) is 77.0 Å². The van der Waals surface area contributed by atoms with Crippen molar-refractivity contribution in [3.8, 4) is 6.07 Å². The van der Waals surface area contributed by atoms with Crippen LogP contribution in [0.15, 0.2) is 35.1 Å². The Morgan fingerprint density at radius 1 is 1.26 bits per heavy atom. The molecule has 182 valence electrons. The van der Waals surface area contributed by atoms with E-state index in [1.54, 1.807) is 45.3 Å². The van der Waals surface area contributed by atoms with Crippen LogP contribution in [0.25, 0.3) is 0 Å². The molecule has 0 aliphatic carbocycles. The SMILES string of the molecule is CC(C)(C)C[C@@H]1N[C@@H](C(=O)OC(C)(C)C)[C@H](c2cccc(Cl)c2F)[C@@]1(C#N)c1ncc(Br)cn1. The summed E-state index contributed by atoms with van der Waals surface area (Å²) >= 11 is 9.47. The van der Waals surface area contributed by atoms with Gasteiger partial charge in [0.25, 0.3) is 0 Å². The number of nitrogens with one attached hydrogen (secondary N) is 1. The molecule has 1 saturated heterocycles. The number of carbonyl (C=O) groups excluding carboxylic acids is 1. The standard InChI is InChI=1S/C25H29BrClFN4O2/c1-23(2,3)10-17-25(13-29,22-30-11-14(26)12-31-22)18(15-8-7-9-16(27)19(15)28)20(32-17)21(33)34-24(4,5)6/h7-9,11-12,17-18,20,32H,10H2,1-6H3/t17-,18-,20+,25-/m0/s1. The fourth-order valence-electron chi connectivity index (χ4n) is 4.53. The molecule has 34 heavy (non-hydrogen) atoms. The molecule has 1 aliphatic rings. The molecule has 0 radical (unpaired) electrons. The number of ether oxygens (including phenoxy) is 1. The number of nitriles is 1. The monoisotopic (exact) mass is 550 g/mol. The lowest BCUT2D eigenvalue weighted by Crippen LogP contribution is -2.45. The first-order valence-electron chi connectivity index (χ1n) is 11.0. The van der Waals surface area contributed by atoms with Crippen LogP contribution in [0.5, 0.6) is 0 Å². The van der Waals surface area contributed by atoms with Gasteiger partial charge in [-0.1, -0.05) is 44.5 Å². The van der Waals surface area contributed by atoms with Gasteiger partial charge in [0.2, 0.25) is 0 Å². The summed E-state index contributed by atoms with van der Waals surface area (Å²) in [6.07, 6.45) is 3.58. The molecule has 9 heteroatoms. The molecule has 1 aromatic carbocycles. The second kappa shape index (κ2) is 9.52. The highest BCUT2D eigenvalue weighted by Crippen LogP contribution is 2.51. The lowest BCUT2D eigenvalue weighted by Gasteiger charge is -2.35. The van der Waals surface area contributed by atoms with Crippen LogP contribution in [0, 0.1) is 22.6 Å². The van der Waals surface area contributed by atoms with Crippen LogP contribution < -0.4 is 5.32 Å². The van der Waals surface area contributed by atoms with E-state index in [0.29, 0.717) is 10.9 Å². The maximum atomic E-state index is 15.5. The largest absolute Gasteiger partial charge is 0.459 e. The third-order valence-corrected chi connectivity index (χ3v) is 6.42. The van der Waals surface area contributed by atoms with Gasteiger partial charge >= 0.3 is 5.97 Å². The molecular formula is C25H29BrClFN4O2. The van der Waals surface area contributed by atoms with Gasteiger partial charge in [0, 0.05) is 24.4 Å². The average Bonchev–Trinajstić information content (AvgIpc) is 3.02. The highest BCUT2D eigenvalue weighted by molar-refractivity contribution is 9.10. The predicted molar refractivity (Wildman–Crippen MR) is 132 cm³/mol. The Morgan fingerprint density at radius 3 is 2.41 bits per heavy atom. The van der Waals surface area contributed by atoms with Crippen molar-refractivity contribution >= 4 is 33.5 Å². The summed E-state index contributed by atoms with van der Waals surface area (Å²) in [5, 5.41) is 14.0. The van der Waals surface area contributed by atoms with Gasteiger partial charge in [-0.2, -0.15) is 5.26 Å². The lowest BCUT2D eigenvalue weighted by molar-refractivity contribution is -0.157. The van der Waals surface area contributed by atoms with Crippen molar-refractivity contribution in [2.75, 3.05) is 0 Å². The quantitative estimate of drug-likeness (QED) is 0.491. The summed E-state index contributed by atoms with van der Waals surface area (Å²) in [6.45, 7) is 11.4. The van der Waals surface area contributed by atoms with Crippen molar-refractivity contribution in [3.05, 3.63) is 57.3 Å². The molecule has 0 amide bonds. The van der Waals surface area contributed by atoms with Crippen molar-refractivity contribution in [2.24, 2.45) is 5.41 Å². The molecule has 1 N–H and O–H groups in total. The molecule has 2 heterocycles. The summed E-state index contributed by atoms with van der Waals surface area (Å²) in [7, 11) is 0. The van der Waals surface area contributed by atoms with Gasteiger partial charge in [-0.3, -0.25) is 10.1 Å². The van der Waals surface area contributed by atoms with E-state index >= 15 is 4.39 Å². The van der Waals surface area contributed by atoms with Crippen LogP contribution >= 0.6 is 27.5 Å². The Labute approximate surface area is 213 Å². The Bertz CT molecular complexity index is 1110. The van der Waals surface area contributed by atoms with E-state index in [2.05, 4.69) is 37.3 Å². The second-order valence-corrected chi connectivity index (χ2v) is 12.1. The van der Waals surface area contributed by atoms with Gasteiger partial charge < -0.3 is 4.74 Å². The highest BCUT2D eigenvalue weighted by Gasteiger charge is 2.62. The zero-order chi connectivity index (χ0) is 25.5. The predicted octanol–water partition coefficient (Wildman–Crippen LogP) is 5.70. The summed E-state index contributed by atoms with van der Waals surface area (Å²) in [5.41, 5.74) is -2.33. The fraction of sp³-hybridized carbons (Fsp3) is 0.520. The van der Waals surface area contributed by atoms with Crippen LogP contribution in [0.2, 0.25) is 5.02 Å². The Hall–Kier alpha value is -2.08. The van der Waals surface area contributed by atoms with E-state index in [4.69, 9.17) is 16.3 Å². The van der Waals surface area contributed by atoms with Crippen molar-refractivity contribution in [3.63, 3.8) is 0 Å². The van der Waals surface area contributed by atoms with E-state index in [0.717, 1.165) is 0 Å². The van der Waals surface area contributed by atoms with E-state index in [1.165, 1.54) is 6.07 Å². The van der Waals surface area contributed by atoms with Gasteiger partial charge in [0.15, 0.2) is 5.82 Å². The van der Waals surface area contributed by atoms with Crippen LogP contribution in [0.1, 0.15) is 65.3 Å². The van der Waals surface area contributed by atoms with Crippen LogP contribution in [0.3, 0.4) is 0 Å². The Balaban J connectivity index is 2.32. The summed E-state index contributed by atoms with van der Waals surface area (Å²) in [6, 6.07) is 5.41. The third kappa shape index (κ3) is 5.27. The first-order valence-corrected chi connectivity index (χ1v) is 12.2. The normalized spacial score (nSPS) is 25.1. The molecule has 0 spiro atoms. The first kappa shape index (κ1) is 26.5. The minimum absolute atomic E-state index is 0.0942. The van der Waals surface area contributed by atoms with Gasteiger partial charge in [-0.25, -0.2) is 14.4 Å². The zero-order valence-electron chi connectivity index (χ0n) is 20.1. The highest BCUT2D eigenvalue weighted by atomic mass is 79.9. The number of hydrogen-bond acceptors (Lipinski definition) is 6. The molecule has 0 unspecified atom stereocenters. The summed E-state index contributed by atoms with van der Waals surface area (Å²) < 4.78 is 21.8. The number of aromatic nitrogens is 2. The van der Waals surface area contributed by atoms with Crippen LogP contribution in [-0.4, -0.2) is 33.6 Å². The van der Waals surface area contributed by atoms with E-state index < -0.39 is 40.8 Å². The Morgan fingerprint density at radius 2 is 1.88 bits per heavy atom. The minimum Gasteiger partial charge on any atom is -0.459 e. The molecule has 1 aliphatic heterocycles. The molecule has 3 rings (SSSR count). The van der Waals surface area contributed by atoms with E-state index in [-0.39, 0.29) is 21.8 Å². The molecular weight excluding hydrogens is 523 g/mol. The maximum absolute atomic E-state index is 15.5. The number of esters is 1. The van der Waals surface area contributed by atoms with Gasteiger partial charge in [-0.05, 0) is 60.2 Å². The van der Waals surface area contributed by atoms with Crippen molar-refractivity contribution in [1.82, 2.24) is 15.3 Å². The average molecular weight is 552 g/mol. The molecule has 6 nitrogen and oxygen atoms in total. The molecule has 1 aromatic heterocycles. The van der Waals surface area contributed by atoms with Gasteiger partial charge in [0.1, 0.15) is 22.9 Å². The molecule has 0 saturated carbocycles. The number of benzene rings is 1. The van der Waals surface area contributed by atoms with Crippen LogP contribution in [0.4, 0.5) is 4.39 Å². The van der Waals surface area contributed by atoms with E-state index in [9.17, 15) is 10.1 Å². The molecule has 4 atom stereocenters. The van der Waals surface area contributed by atoms with Crippen molar-refractivity contribution < 1.29 is 13.9 Å². The fourth-order valence-corrected chi connectivity index (χ4v) is 4.92. The first-order chi connectivity index (χ1) is 15.7. The minimum atomic E-state index is -1.47. The number of nitrogens with zero attached hydrogens (tertiary/aromatic N) is 3. The number of rotatable bonds is 4. The number of halogens is 3. The summed E-state index contributed by atoms with van der Waals surface area (Å²) in [4.78, 5) is 22.3. The second-order valence-electron chi connectivity index (χ2n) is 10.8. The smallest absolute Gasteiger partial charge is 0.324 e. The van der Waals surface area contributed by atoms with Gasteiger partial charge in [0.05, 0.1) is 15.6 Å². The van der Waals surface area contributed by atoms with Crippen molar-refractivity contribution in [1.29, 1.82) is 5.26 Å². The van der Waals surface area contributed by atoms with E-state index in [1.807, 2.05) is 20.8 Å². The lowest BCUT2D eigenvalue weighted by atomic mass is 9.65. The number of hydrogen-bond donors (Lipinski definition) is 1. The molecule has 2 aromatic rings. The maximum Gasteiger partial charge on any atom is 0.324 e. The topological polar surface area (TPSA) is 87.9 Å².